The Bertz CT molecular complexity index is 348. The van der Waals surface area contributed by atoms with Crippen LogP contribution in [0.5, 0.6) is 0 Å². The Kier molecular flexibility index (Phi) is 5.96. The van der Waals surface area contributed by atoms with E-state index in [1.807, 2.05) is 13.0 Å². The Labute approximate surface area is 116 Å². The molecule has 0 aliphatic heterocycles. The van der Waals surface area contributed by atoms with Gasteiger partial charge in [0.05, 0.1) is 8.66 Å². The summed E-state index contributed by atoms with van der Waals surface area (Å²) >= 11 is 8.13. The number of carbonyl (C=O) groups is 1. The van der Waals surface area contributed by atoms with E-state index in [-0.39, 0.29) is 11.9 Å². The normalized spacial score (nSPS) is 12.5. The van der Waals surface area contributed by atoms with Crippen molar-refractivity contribution in [3.05, 3.63) is 19.2 Å². The van der Waals surface area contributed by atoms with Crippen molar-refractivity contribution in [1.29, 1.82) is 0 Å². The first-order valence-electron chi connectivity index (χ1n) is 4.79. The molecule has 0 aromatic carbocycles. The van der Waals surface area contributed by atoms with Gasteiger partial charge in [-0.1, -0.05) is 0 Å². The maximum absolute atomic E-state index is 11.8. The van der Waals surface area contributed by atoms with E-state index in [1.54, 1.807) is 7.11 Å². The van der Waals surface area contributed by atoms with Gasteiger partial charge in [0.1, 0.15) is 0 Å². The highest BCUT2D eigenvalue weighted by Gasteiger charge is 2.13. The fourth-order valence-corrected chi connectivity index (χ4v) is 3.06. The van der Waals surface area contributed by atoms with Crippen molar-refractivity contribution in [3.8, 4) is 0 Å². The van der Waals surface area contributed by atoms with Crippen molar-refractivity contribution in [1.82, 2.24) is 5.32 Å². The SMILES string of the molecule is COCCC(C)NC(=O)c1cc(Br)c(Br)s1. The van der Waals surface area contributed by atoms with Crippen LogP contribution >= 0.6 is 43.2 Å². The molecule has 1 aromatic rings. The van der Waals surface area contributed by atoms with E-state index in [0.717, 1.165) is 14.7 Å². The fourth-order valence-electron chi connectivity index (χ4n) is 1.12. The van der Waals surface area contributed by atoms with Gasteiger partial charge in [-0.25, -0.2) is 0 Å². The molecule has 0 bridgehead atoms. The predicted molar refractivity (Wildman–Crippen MR) is 73.1 cm³/mol. The maximum Gasteiger partial charge on any atom is 0.261 e. The van der Waals surface area contributed by atoms with Gasteiger partial charge in [0.25, 0.3) is 5.91 Å². The average molecular weight is 371 g/mol. The van der Waals surface area contributed by atoms with Gasteiger partial charge in [0, 0.05) is 24.2 Å². The molecule has 1 aromatic heterocycles. The maximum atomic E-state index is 11.8. The van der Waals surface area contributed by atoms with Gasteiger partial charge in [0.15, 0.2) is 0 Å². The average Bonchev–Trinajstić information content (AvgIpc) is 2.56. The Hall–Kier alpha value is 0.0900. The van der Waals surface area contributed by atoms with Crippen LogP contribution in [-0.2, 0) is 4.74 Å². The van der Waals surface area contributed by atoms with E-state index in [9.17, 15) is 4.79 Å². The van der Waals surface area contributed by atoms with Crippen LogP contribution in [0.25, 0.3) is 0 Å². The number of carbonyl (C=O) groups excluding carboxylic acids is 1. The summed E-state index contributed by atoms with van der Waals surface area (Å²) in [6.07, 6.45) is 0.815. The quantitative estimate of drug-likeness (QED) is 0.862. The number of nitrogens with one attached hydrogen (secondary N) is 1. The van der Waals surface area contributed by atoms with E-state index >= 15 is 0 Å². The van der Waals surface area contributed by atoms with Crippen LogP contribution in [0.4, 0.5) is 0 Å². The molecule has 1 amide bonds. The van der Waals surface area contributed by atoms with Gasteiger partial charge in [-0.05, 0) is 51.3 Å². The van der Waals surface area contributed by atoms with Gasteiger partial charge in [-0.15, -0.1) is 11.3 Å². The molecule has 0 radical (unpaired) electrons. The Balaban J connectivity index is 2.52. The summed E-state index contributed by atoms with van der Waals surface area (Å²) in [5, 5.41) is 2.92. The third kappa shape index (κ3) is 4.16. The zero-order chi connectivity index (χ0) is 12.1. The van der Waals surface area contributed by atoms with Gasteiger partial charge in [-0.3, -0.25) is 4.79 Å². The molecule has 90 valence electrons. The van der Waals surface area contributed by atoms with Crippen LogP contribution in [0.3, 0.4) is 0 Å². The topological polar surface area (TPSA) is 38.3 Å². The molecule has 1 unspecified atom stereocenters. The zero-order valence-electron chi connectivity index (χ0n) is 9.05. The van der Waals surface area contributed by atoms with E-state index < -0.39 is 0 Å². The van der Waals surface area contributed by atoms with E-state index in [2.05, 4.69) is 37.2 Å². The molecule has 1 rings (SSSR count). The molecule has 1 atom stereocenters. The molecule has 6 heteroatoms. The lowest BCUT2D eigenvalue weighted by Gasteiger charge is -2.12. The second-order valence-corrected chi connectivity index (χ2v) is 6.61. The molecule has 3 nitrogen and oxygen atoms in total. The van der Waals surface area contributed by atoms with Crippen LogP contribution in [0, 0.1) is 0 Å². The third-order valence-electron chi connectivity index (χ3n) is 2.00. The Morgan fingerprint density at radius 3 is 2.81 bits per heavy atom. The lowest BCUT2D eigenvalue weighted by Crippen LogP contribution is -2.32. The van der Waals surface area contributed by atoms with Crippen LogP contribution in [0.2, 0.25) is 0 Å². The van der Waals surface area contributed by atoms with Crippen LogP contribution in [0.15, 0.2) is 14.3 Å². The molecule has 0 saturated carbocycles. The lowest BCUT2D eigenvalue weighted by molar-refractivity contribution is 0.0933. The van der Waals surface area contributed by atoms with Gasteiger partial charge >= 0.3 is 0 Å². The van der Waals surface area contributed by atoms with Crippen molar-refractivity contribution in [2.75, 3.05) is 13.7 Å². The summed E-state index contributed by atoms with van der Waals surface area (Å²) in [5.74, 6) is -0.0417. The standard InChI is InChI=1S/C10H13Br2NO2S/c1-6(3-4-15-2)13-10(14)8-5-7(11)9(12)16-8/h5-6H,3-4H2,1-2H3,(H,13,14). The summed E-state index contributed by atoms with van der Waals surface area (Å²) in [5.41, 5.74) is 0. The second-order valence-electron chi connectivity index (χ2n) is 3.39. The molecule has 16 heavy (non-hydrogen) atoms. The monoisotopic (exact) mass is 369 g/mol. The highest BCUT2D eigenvalue weighted by atomic mass is 79.9. The van der Waals surface area contributed by atoms with Gasteiger partial charge < -0.3 is 10.1 Å². The molecule has 0 aliphatic carbocycles. The van der Waals surface area contributed by atoms with Crippen molar-refractivity contribution in [3.63, 3.8) is 0 Å². The first-order valence-corrected chi connectivity index (χ1v) is 7.19. The minimum absolute atomic E-state index is 0.0417. The summed E-state index contributed by atoms with van der Waals surface area (Å²) in [7, 11) is 1.65. The summed E-state index contributed by atoms with van der Waals surface area (Å²) < 4.78 is 6.80. The van der Waals surface area contributed by atoms with E-state index in [4.69, 9.17) is 4.74 Å². The van der Waals surface area contributed by atoms with Gasteiger partial charge in [0.2, 0.25) is 0 Å². The van der Waals surface area contributed by atoms with E-state index in [1.165, 1.54) is 11.3 Å². The van der Waals surface area contributed by atoms with Crippen LogP contribution in [0.1, 0.15) is 23.0 Å². The molecular formula is C10H13Br2NO2S. The first-order chi connectivity index (χ1) is 7.54. The Morgan fingerprint density at radius 1 is 1.62 bits per heavy atom. The number of ether oxygens (including phenoxy) is 1. The second kappa shape index (κ2) is 6.74. The van der Waals surface area contributed by atoms with Crippen molar-refractivity contribution >= 4 is 49.1 Å². The van der Waals surface area contributed by atoms with Crippen molar-refractivity contribution in [2.45, 2.75) is 19.4 Å². The molecule has 0 spiro atoms. The highest BCUT2D eigenvalue weighted by molar-refractivity contribution is 9.13. The largest absolute Gasteiger partial charge is 0.385 e. The predicted octanol–water partition coefficient (Wildman–Crippen LogP) is 3.43. The smallest absolute Gasteiger partial charge is 0.261 e. The lowest BCUT2D eigenvalue weighted by atomic mass is 10.2. The van der Waals surface area contributed by atoms with Crippen molar-refractivity contribution < 1.29 is 9.53 Å². The molecule has 0 saturated heterocycles. The number of thiophene rings is 1. The Morgan fingerprint density at radius 2 is 2.31 bits per heavy atom. The number of methoxy groups -OCH3 is 1. The zero-order valence-corrected chi connectivity index (χ0v) is 13.0. The molecule has 0 aliphatic rings. The van der Waals surface area contributed by atoms with Crippen molar-refractivity contribution in [2.24, 2.45) is 0 Å². The first kappa shape index (κ1) is 14.2. The number of hydrogen-bond acceptors (Lipinski definition) is 3. The number of amides is 1. The van der Waals surface area contributed by atoms with Crippen LogP contribution in [-0.4, -0.2) is 25.7 Å². The minimum atomic E-state index is -0.0417. The third-order valence-corrected chi connectivity index (χ3v) is 5.26. The van der Waals surface area contributed by atoms with Gasteiger partial charge in [-0.2, -0.15) is 0 Å². The number of rotatable bonds is 5. The van der Waals surface area contributed by atoms with Crippen LogP contribution < -0.4 is 5.32 Å². The summed E-state index contributed by atoms with van der Waals surface area (Å²) in [6.45, 7) is 2.62. The molecular weight excluding hydrogens is 358 g/mol. The summed E-state index contributed by atoms with van der Waals surface area (Å²) in [6, 6.07) is 1.93. The fraction of sp³-hybridized carbons (Fsp3) is 0.500. The molecule has 1 heterocycles. The minimum Gasteiger partial charge on any atom is -0.385 e. The highest BCUT2D eigenvalue weighted by Crippen LogP contribution is 2.32. The molecule has 1 N–H and O–H groups in total. The van der Waals surface area contributed by atoms with E-state index in [0.29, 0.717) is 11.5 Å². The summed E-state index contributed by atoms with van der Waals surface area (Å²) in [4.78, 5) is 12.5. The molecule has 0 fully saturated rings. The number of hydrogen-bond donors (Lipinski definition) is 1. The number of halogens is 2.